The number of aromatic nitrogens is 2. The molecule has 1 aliphatic rings. The molecule has 0 radical (unpaired) electrons. The molecule has 0 bridgehead atoms. The Balaban J connectivity index is 2.51. The monoisotopic (exact) mass is 322 g/mol. The number of hydrogen-bond donors (Lipinski definition) is 1. The SMILES string of the molecule is CCOC(=O)/C(O)=C1\CCCn2c1ncc(C(=O)OCC)c2=O. The second kappa shape index (κ2) is 7.08. The molecule has 0 aliphatic carbocycles. The topological polar surface area (TPSA) is 108 Å². The van der Waals surface area contributed by atoms with E-state index in [2.05, 4.69) is 4.98 Å². The predicted molar refractivity (Wildman–Crippen MR) is 79.9 cm³/mol. The van der Waals surface area contributed by atoms with Gasteiger partial charge in [-0.05, 0) is 26.7 Å². The lowest BCUT2D eigenvalue weighted by molar-refractivity contribution is -0.141. The molecule has 23 heavy (non-hydrogen) atoms. The second-order valence-corrected chi connectivity index (χ2v) is 4.82. The molecule has 0 unspecified atom stereocenters. The summed E-state index contributed by atoms with van der Waals surface area (Å²) in [6.45, 7) is 3.87. The van der Waals surface area contributed by atoms with Crippen molar-refractivity contribution < 1.29 is 24.2 Å². The van der Waals surface area contributed by atoms with Crippen LogP contribution in [0.1, 0.15) is 42.9 Å². The summed E-state index contributed by atoms with van der Waals surface area (Å²) in [6, 6.07) is 0. The zero-order chi connectivity index (χ0) is 17.0. The van der Waals surface area contributed by atoms with Gasteiger partial charge >= 0.3 is 11.9 Å². The van der Waals surface area contributed by atoms with E-state index in [4.69, 9.17) is 9.47 Å². The molecule has 124 valence electrons. The van der Waals surface area contributed by atoms with E-state index in [1.165, 1.54) is 4.57 Å². The minimum atomic E-state index is -0.861. The maximum absolute atomic E-state index is 12.4. The molecule has 0 saturated heterocycles. The highest BCUT2D eigenvalue weighted by atomic mass is 16.5. The number of nitrogens with zero attached hydrogens (tertiary/aromatic N) is 2. The zero-order valence-corrected chi connectivity index (χ0v) is 13.0. The van der Waals surface area contributed by atoms with E-state index in [1.807, 2.05) is 0 Å². The smallest absolute Gasteiger partial charge is 0.373 e. The number of carbonyl (C=O) groups is 2. The van der Waals surface area contributed by atoms with Crippen molar-refractivity contribution in [2.75, 3.05) is 13.2 Å². The van der Waals surface area contributed by atoms with Gasteiger partial charge in [0.1, 0.15) is 11.4 Å². The maximum atomic E-state index is 12.4. The van der Waals surface area contributed by atoms with Gasteiger partial charge in [0.2, 0.25) is 5.76 Å². The lowest BCUT2D eigenvalue weighted by Gasteiger charge is -2.21. The number of hydrogen-bond acceptors (Lipinski definition) is 7. The van der Waals surface area contributed by atoms with Crippen molar-refractivity contribution in [3.63, 3.8) is 0 Å². The summed E-state index contributed by atoms with van der Waals surface area (Å²) in [5, 5.41) is 10.0. The molecule has 1 aliphatic heterocycles. The van der Waals surface area contributed by atoms with Gasteiger partial charge in [0.05, 0.1) is 13.2 Å². The molecule has 1 aromatic rings. The highest BCUT2D eigenvalue weighted by molar-refractivity contribution is 5.94. The number of carbonyl (C=O) groups excluding carboxylic acids is 2. The molecular formula is C15H18N2O6. The van der Waals surface area contributed by atoms with Crippen molar-refractivity contribution in [3.05, 3.63) is 33.7 Å². The molecule has 8 nitrogen and oxygen atoms in total. The highest BCUT2D eigenvalue weighted by Gasteiger charge is 2.26. The van der Waals surface area contributed by atoms with Crippen LogP contribution in [-0.2, 0) is 20.8 Å². The first-order chi connectivity index (χ1) is 11.0. The summed E-state index contributed by atoms with van der Waals surface area (Å²) in [6.07, 6.45) is 2.02. The van der Waals surface area contributed by atoms with Gasteiger partial charge in [-0.1, -0.05) is 0 Å². The fraction of sp³-hybridized carbons (Fsp3) is 0.467. The minimum absolute atomic E-state index is 0.123. The summed E-state index contributed by atoms with van der Waals surface area (Å²) in [5.41, 5.74) is -0.489. The Morgan fingerprint density at radius 2 is 2.00 bits per heavy atom. The van der Waals surface area contributed by atoms with E-state index < -0.39 is 23.3 Å². The van der Waals surface area contributed by atoms with Crippen LogP contribution in [0, 0.1) is 0 Å². The van der Waals surface area contributed by atoms with Gasteiger partial charge in [0, 0.05) is 18.3 Å². The number of aliphatic hydroxyl groups excluding tert-OH is 1. The van der Waals surface area contributed by atoms with Crippen molar-refractivity contribution >= 4 is 17.5 Å². The Kier molecular flexibility index (Phi) is 5.15. The third-order valence-corrected chi connectivity index (χ3v) is 3.38. The van der Waals surface area contributed by atoms with E-state index in [9.17, 15) is 19.5 Å². The Morgan fingerprint density at radius 1 is 1.30 bits per heavy atom. The van der Waals surface area contributed by atoms with E-state index >= 15 is 0 Å². The average molecular weight is 322 g/mol. The number of aliphatic hydroxyl groups is 1. The largest absolute Gasteiger partial charge is 0.502 e. The summed E-state index contributed by atoms with van der Waals surface area (Å²) in [5.74, 6) is -2.00. The number of fused-ring (bicyclic) bond motifs is 1. The Bertz CT molecular complexity index is 719. The first-order valence-corrected chi connectivity index (χ1v) is 7.37. The third kappa shape index (κ3) is 3.25. The van der Waals surface area contributed by atoms with E-state index in [0.717, 1.165) is 6.20 Å². The first-order valence-electron chi connectivity index (χ1n) is 7.37. The average Bonchev–Trinajstić information content (AvgIpc) is 2.54. The lowest BCUT2D eigenvalue weighted by Crippen LogP contribution is -2.33. The molecule has 8 heteroatoms. The number of rotatable bonds is 4. The second-order valence-electron chi connectivity index (χ2n) is 4.82. The van der Waals surface area contributed by atoms with Crippen LogP contribution in [0.15, 0.2) is 16.8 Å². The number of ether oxygens (including phenoxy) is 2. The Morgan fingerprint density at radius 3 is 2.65 bits per heavy atom. The van der Waals surface area contributed by atoms with Crippen molar-refractivity contribution in [3.8, 4) is 0 Å². The van der Waals surface area contributed by atoms with Gasteiger partial charge in [-0.2, -0.15) is 0 Å². The first kappa shape index (κ1) is 16.7. The van der Waals surface area contributed by atoms with E-state index in [-0.39, 0.29) is 30.2 Å². The fourth-order valence-electron chi connectivity index (χ4n) is 2.36. The Hall–Kier alpha value is -2.64. The zero-order valence-electron chi connectivity index (χ0n) is 13.0. The highest BCUT2D eigenvalue weighted by Crippen LogP contribution is 2.26. The normalized spacial score (nSPS) is 15.6. The van der Waals surface area contributed by atoms with Gasteiger partial charge in [-0.25, -0.2) is 14.6 Å². The summed E-state index contributed by atoms with van der Waals surface area (Å²) in [4.78, 5) is 39.9. The van der Waals surface area contributed by atoms with E-state index in [1.54, 1.807) is 13.8 Å². The van der Waals surface area contributed by atoms with Gasteiger partial charge in [-0.3, -0.25) is 9.36 Å². The Labute approximate surface area is 132 Å². The molecule has 0 amide bonds. The number of allylic oxidation sites excluding steroid dienone is 1. The minimum Gasteiger partial charge on any atom is -0.502 e. The molecule has 0 spiro atoms. The fourth-order valence-corrected chi connectivity index (χ4v) is 2.36. The maximum Gasteiger partial charge on any atom is 0.373 e. The summed E-state index contributed by atoms with van der Waals surface area (Å²) < 4.78 is 10.8. The van der Waals surface area contributed by atoms with Crippen LogP contribution in [0.3, 0.4) is 0 Å². The van der Waals surface area contributed by atoms with Crippen molar-refractivity contribution in [1.82, 2.24) is 9.55 Å². The number of esters is 2. The van der Waals surface area contributed by atoms with Gasteiger partial charge in [-0.15, -0.1) is 0 Å². The van der Waals surface area contributed by atoms with Crippen LogP contribution in [0.2, 0.25) is 0 Å². The van der Waals surface area contributed by atoms with Crippen LogP contribution in [0.4, 0.5) is 0 Å². The molecule has 0 atom stereocenters. The molecule has 0 aromatic carbocycles. The van der Waals surface area contributed by atoms with Crippen LogP contribution in [-0.4, -0.2) is 39.8 Å². The molecule has 1 aromatic heterocycles. The van der Waals surface area contributed by atoms with Gasteiger partial charge in [0.15, 0.2) is 0 Å². The predicted octanol–water partition coefficient (Wildman–Crippen LogP) is 1.05. The molecular weight excluding hydrogens is 304 g/mol. The van der Waals surface area contributed by atoms with Crippen molar-refractivity contribution in [1.29, 1.82) is 0 Å². The van der Waals surface area contributed by atoms with Crippen LogP contribution in [0.25, 0.3) is 5.57 Å². The summed E-state index contributed by atoms with van der Waals surface area (Å²) >= 11 is 0. The molecule has 0 saturated carbocycles. The van der Waals surface area contributed by atoms with Crippen LogP contribution < -0.4 is 5.56 Å². The van der Waals surface area contributed by atoms with Crippen LogP contribution >= 0.6 is 0 Å². The molecule has 1 N–H and O–H groups in total. The lowest BCUT2D eigenvalue weighted by atomic mass is 10.0. The molecule has 2 heterocycles. The summed E-state index contributed by atoms with van der Waals surface area (Å²) in [7, 11) is 0. The van der Waals surface area contributed by atoms with E-state index in [0.29, 0.717) is 19.4 Å². The standard InChI is InChI=1S/C15H18N2O6/c1-3-22-14(20)10-8-16-12-9(11(18)15(21)23-4-2)6-5-7-17(12)13(10)19/h8,18H,3-7H2,1-2H3/b11-9-. The quantitative estimate of drug-likeness (QED) is 0.501. The molecule has 0 fully saturated rings. The van der Waals surface area contributed by atoms with Crippen LogP contribution in [0.5, 0.6) is 0 Å². The van der Waals surface area contributed by atoms with Crippen molar-refractivity contribution in [2.24, 2.45) is 0 Å². The molecule has 2 rings (SSSR count). The van der Waals surface area contributed by atoms with Crippen molar-refractivity contribution in [2.45, 2.75) is 33.2 Å². The van der Waals surface area contributed by atoms with Gasteiger partial charge in [0.25, 0.3) is 5.56 Å². The van der Waals surface area contributed by atoms with Gasteiger partial charge < -0.3 is 14.6 Å². The third-order valence-electron chi connectivity index (χ3n) is 3.38.